The first-order valence-electron chi connectivity index (χ1n) is 14.3. The summed E-state index contributed by atoms with van der Waals surface area (Å²) in [7, 11) is 1.62. The van der Waals surface area contributed by atoms with E-state index in [9.17, 15) is 4.79 Å². The first kappa shape index (κ1) is 30.3. The maximum absolute atomic E-state index is 14.4. The normalized spacial score (nSPS) is 17.6. The number of ether oxygens (including phenoxy) is 3. The van der Waals surface area contributed by atoms with Gasteiger partial charge in [-0.1, -0.05) is 70.5 Å². The molecule has 1 heterocycles. The summed E-state index contributed by atoms with van der Waals surface area (Å²) in [4.78, 5) is 19.5. The molecule has 0 unspecified atom stereocenters. The smallest absolute Gasteiger partial charge is 0.252 e. The minimum absolute atomic E-state index is 0.0717. The molecule has 222 valence electrons. The molecular formula is C35H35BrN2O5. The second-order valence-corrected chi connectivity index (χ2v) is 11.3. The molecule has 0 spiro atoms. The summed E-state index contributed by atoms with van der Waals surface area (Å²) in [6.07, 6.45) is 0.863. The molecule has 2 atom stereocenters. The van der Waals surface area contributed by atoms with Crippen LogP contribution in [0.25, 0.3) is 0 Å². The van der Waals surface area contributed by atoms with Gasteiger partial charge in [0.05, 0.1) is 13.7 Å². The Bertz CT molecular complexity index is 1530. The molecule has 0 saturated carbocycles. The zero-order chi connectivity index (χ0) is 30.1. The van der Waals surface area contributed by atoms with Crippen molar-refractivity contribution < 1.29 is 24.1 Å². The SMILES string of the molecule is COc1cccc([C@H]2OC(c3ccc(OCCCO)cc3)=N[C@@]2(Cc2ccc(Br)cc2)C(=O)NCCc2ccccc2)c1. The van der Waals surface area contributed by atoms with Gasteiger partial charge < -0.3 is 24.6 Å². The van der Waals surface area contributed by atoms with Gasteiger partial charge in [0.25, 0.3) is 5.91 Å². The Kier molecular flexibility index (Phi) is 10.1. The van der Waals surface area contributed by atoms with Crippen LogP contribution in [0.15, 0.2) is 113 Å². The van der Waals surface area contributed by atoms with E-state index >= 15 is 0 Å². The number of amides is 1. The van der Waals surface area contributed by atoms with Crippen LogP contribution in [0.5, 0.6) is 11.5 Å². The lowest BCUT2D eigenvalue weighted by atomic mass is 9.82. The lowest BCUT2D eigenvalue weighted by Crippen LogP contribution is -2.50. The van der Waals surface area contributed by atoms with Crippen molar-refractivity contribution in [1.29, 1.82) is 0 Å². The van der Waals surface area contributed by atoms with E-state index in [4.69, 9.17) is 24.3 Å². The number of methoxy groups -OCH3 is 1. The lowest BCUT2D eigenvalue weighted by molar-refractivity contribution is -0.128. The molecule has 7 nitrogen and oxygen atoms in total. The first-order valence-corrected chi connectivity index (χ1v) is 15.1. The molecule has 8 heteroatoms. The number of rotatable bonds is 13. The third kappa shape index (κ3) is 7.45. The number of nitrogens with zero attached hydrogens (tertiary/aromatic N) is 1. The van der Waals surface area contributed by atoms with Crippen molar-refractivity contribution in [1.82, 2.24) is 5.32 Å². The number of benzene rings is 4. The fraction of sp³-hybridized carbons (Fsp3) is 0.257. The van der Waals surface area contributed by atoms with Crippen molar-refractivity contribution in [3.63, 3.8) is 0 Å². The van der Waals surface area contributed by atoms with Crippen LogP contribution in [-0.4, -0.2) is 49.3 Å². The van der Waals surface area contributed by atoms with Crippen LogP contribution in [0.2, 0.25) is 0 Å². The average molecular weight is 644 g/mol. The maximum atomic E-state index is 14.4. The topological polar surface area (TPSA) is 89.4 Å². The number of aliphatic imine (C=N–C) groups is 1. The molecule has 0 radical (unpaired) electrons. The summed E-state index contributed by atoms with van der Waals surface area (Å²) in [5, 5.41) is 12.2. The van der Waals surface area contributed by atoms with Gasteiger partial charge in [-0.25, -0.2) is 4.99 Å². The Morgan fingerprint density at radius 1 is 0.953 bits per heavy atom. The van der Waals surface area contributed by atoms with Crippen molar-refractivity contribution in [3.05, 3.63) is 130 Å². The van der Waals surface area contributed by atoms with Crippen molar-refractivity contribution in [2.75, 3.05) is 26.9 Å². The highest BCUT2D eigenvalue weighted by atomic mass is 79.9. The quantitative estimate of drug-likeness (QED) is 0.173. The Labute approximate surface area is 260 Å². The fourth-order valence-electron chi connectivity index (χ4n) is 5.12. The molecular weight excluding hydrogens is 608 g/mol. The summed E-state index contributed by atoms with van der Waals surface area (Å²) < 4.78 is 18.8. The number of halogens is 1. The zero-order valence-corrected chi connectivity index (χ0v) is 25.6. The van der Waals surface area contributed by atoms with E-state index in [1.54, 1.807) is 7.11 Å². The number of aliphatic hydroxyl groups excluding tert-OH is 1. The van der Waals surface area contributed by atoms with E-state index in [0.29, 0.717) is 49.8 Å². The largest absolute Gasteiger partial charge is 0.497 e. The fourth-order valence-corrected chi connectivity index (χ4v) is 5.38. The highest BCUT2D eigenvalue weighted by Crippen LogP contribution is 2.43. The standard InChI is InChI=1S/C35H35BrN2O5/c1-41-31-10-5-9-28(23-31)32-35(24-26-11-15-29(36)16-12-26,34(40)37-20-19-25-7-3-2-4-8-25)38-33(43-32)27-13-17-30(18-14-27)42-22-6-21-39/h2-5,7-18,23,32,39H,6,19-22,24H2,1H3,(H,37,40)/t32-,35-/m1/s1. The Balaban J connectivity index is 1.53. The predicted octanol–water partition coefficient (Wildman–Crippen LogP) is 6.08. The monoisotopic (exact) mass is 642 g/mol. The van der Waals surface area contributed by atoms with Crippen molar-refractivity contribution in [3.8, 4) is 11.5 Å². The second-order valence-electron chi connectivity index (χ2n) is 10.4. The Morgan fingerprint density at radius 2 is 1.72 bits per heavy atom. The molecule has 0 aromatic heterocycles. The number of carbonyl (C=O) groups is 1. The van der Waals surface area contributed by atoms with E-state index in [0.717, 1.165) is 26.7 Å². The van der Waals surface area contributed by atoms with Crippen LogP contribution in [0.4, 0.5) is 0 Å². The lowest BCUT2D eigenvalue weighted by Gasteiger charge is -2.31. The van der Waals surface area contributed by atoms with E-state index in [1.165, 1.54) is 0 Å². The van der Waals surface area contributed by atoms with E-state index in [-0.39, 0.29) is 12.5 Å². The van der Waals surface area contributed by atoms with Crippen molar-refractivity contribution >= 4 is 27.7 Å². The summed E-state index contributed by atoms with van der Waals surface area (Å²) in [5.41, 5.74) is 2.33. The molecule has 4 aromatic carbocycles. The van der Waals surface area contributed by atoms with Gasteiger partial charge in [-0.05, 0) is 71.6 Å². The van der Waals surface area contributed by atoms with Crippen LogP contribution in [0.1, 0.15) is 34.8 Å². The molecule has 2 N–H and O–H groups in total. The minimum atomic E-state index is -1.29. The molecule has 0 aliphatic carbocycles. The molecule has 1 aliphatic heterocycles. The third-order valence-electron chi connectivity index (χ3n) is 7.36. The third-order valence-corrected chi connectivity index (χ3v) is 7.88. The Hall–Kier alpha value is -4.14. The highest BCUT2D eigenvalue weighted by Gasteiger charge is 2.53. The van der Waals surface area contributed by atoms with Gasteiger partial charge in [-0.2, -0.15) is 0 Å². The Morgan fingerprint density at radius 3 is 2.44 bits per heavy atom. The molecule has 4 aromatic rings. The van der Waals surface area contributed by atoms with Crippen LogP contribution in [0.3, 0.4) is 0 Å². The average Bonchev–Trinajstić information content (AvgIpc) is 3.43. The summed E-state index contributed by atoms with van der Waals surface area (Å²) >= 11 is 3.52. The summed E-state index contributed by atoms with van der Waals surface area (Å²) in [6.45, 7) is 0.952. The second kappa shape index (κ2) is 14.4. The van der Waals surface area contributed by atoms with Crippen LogP contribution in [0, 0.1) is 0 Å². The molecule has 5 rings (SSSR count). The maximum Gasteiger partial charge on any atom is 0.252 e. The van der Waals surface area contributed by atoms with E-state index in [2.05, 4.69) is 33.4 Å². The molecule has 1 aliphatic rings. The van der Waals surface area contributed by atoms with E-state index in [1.807, 2.05) is 91.0 Å². The van der Waals surface area contributed by atoms with Gasteiger partial charge in [0.2, 0.25) is 5.90 Å². The summed E-state index contributed by atoms with van der Waals surface area (Å²) in [6, 6.07) is 33.0. The predicted molar refractivity (Wildman–Crippen MR) is 171 cm³/mol. The van der Waals surface area contributed by atoms with Crippen molar-refractivity contribution in [2.45, 2.75) is 30.9 Å². The molecule has 0 saturated heterocycles. The zero-order valence-electron chi connectivity index (χ0n) is 24.0. The molecule has 0 bridgehead atoms. The van der Waals surface area contributed by atoms with Crippen LogP contribution >= 0.6 is 15.9 Å². The molecule has 1 amide bonds. The summed E-state index contributed by atoms with van der Waals surface area (Å²) in [5.74, 6) is 1.52. The van der Waals surface area contributed by atoms with E-state index < -0.39 is 11.6 Å². The molecule has 0 fully saturated rings. The van der Waals surface area contributed by atoms with Gasteiger partial charge in [0, 0.05) is 36.0 Å². The highest BCUT2D eigenvalue weighted by molar-refractivity contribution is 9.10. The number of aliphatic hydroxyl groups is 1. The number of nitrogens with one attached hydrogen (secondary N) is 1. The number of hydrogen-bond donors (Lipinski definition) is 2. The minimum Gasteiger partial charge on any atom is -0.497 e. The van der Waals surface area contributed by atoms with Gasteiger partial charge in [0.15, 0.2) is 11.6 Å². The molecule has 43 heavy (non-hydrogen) atoms. The van der Waals surface area contributed by atoms with Gasteiger partial charge in [-0.15, -0.1) is 0 Å². The van der Waals surface area contributed by atoms with Gasteiger partial charge >= 0.3 is 0 Å². The van der Waals surface area contributed by atoms with Crippen LogP contribution in [-0.2, 0) is 22.4 Å². The van der Waals surface area contributed by atoms with Crippen LogP contribution < -0.4 is 14.8 Å². The number of carbonyl (C=O) groups excluding carboxylic acids is 1. The van der Waals surface area contributed by atoms with Gasteiger partial charge in [-0.3, -0.25) is 4.79 Å². The van der Waals surface area contributed by atoms with Crippen molar-refractivity contribution in [2.24, 2.45) is 4.99 Å². The number of hydrogen-bond acceptors (Lipinski definition) is 6. The first-order chi connectivity index (χ1) is 21.0. The van der Waals surface area contributed by atoms with Gasteiger partial charge in [0.1, 0.15) is 11.5 Å².